The van der Waals surface area contributed by atoms with Crippen LogP contribution < -0.4 is 10.1 Å². The number of aromatic nitrogens is 2. The number of para-hydroxylation sites is 1. The number of fused-ring (bicyclic) bond motifs is 3. The zero-order chi connectivity index (χ0) is 16.8. The molecule has 0 amide bonds. The Hall–Kier alpha value is -2.95. The van der Waals surface area contributed by atoms with Crippen molar-refractivity contribution < 1.29 is 9.84 Å². The summed E-state index contributed by atoms with van der Waals surface area (Å²) in [6, 6.07) is 13.5. The molecule has 0 radical (unpaired) electrons. The minimum Gasteiger partial charge on any atom is -0.508 e. The van der Waals surface area contributed by atoms with Crippen LogP contribution in [-0.2, 0) is 0 Å². The van der Waals surface area contributed by atoms with E-state index in [1.165, 1.54) is 5.56 Å². The summed E-state index contributed by atoms with van der Waals surface area (Å²) in [7, 11) is 1.61. The lowest BCUT2D eigenvalue weighted by Gasteiger charge is -2.31. The topological polar surface area (TPSA) is 59.3 Å². The van der Waals surface area contributed by atoms with Gasteiger partial charge in [0.05, 0.1) is 18.5 Å². The zero-order valence-corrected chi connectivity index (χ0v) is 13.9. The normalized spacial score (nSPS) is 15.4. The van der Waals surface area contributed by atoms with E-state index in [2.05, 4.69) is 41.6 Å². The first kappa shape index (κ1) is 14.6. The zero-order valence-electron chi connectivity index (χ0n) is 13.9. The largest absolute Gasteiger partial charge is 0.508 e. The Morgan fingerprint density at radius 3 is 2.79 bits per heavy atom. The van der Waals surface area contributed by atoms with Crippen molar-refractivity contribution in [2.45, 2.75) is 20.0 Å². The molecular weight excluding hydrogens is 302 g/mol. The number of aryl methyl sites for hydroxylation is 2. The maximum Gasteiger partial charge on any atom is 0.150 e. The third-order valence-electron chi connectivity index (χ3n) is 4.44. The summed E-state index contributed by atoms with van der Waals surface area (Å²) in [4.78, 5) is 0. The molecule has 2 aromatic carbocycles. The molecule has 122 valence electrons. The van der Waals surface area contributed by atoms with E-state index in [-0.39, 0.29) is 11.9 Å². The molecule has 3 aromatic rings. The number of rotatable bonds is 2. The van der Waals surface area contributed by atoms with Crippen LogP contribution >= 0.6 is 0 Å². The van der Waals surface area contributed by atoms with Crippen LogP contribution in [0, 0.1) is 13.8 Å². The number of hydrogen-bond donors (Lipinski definition) is 2. The minimum atomic E-state index is -0.196. The van der Waals surface area contributed by atoms with E-state index in [1.807, 2.05) is 17.7 Å². The van der Waals surface area contributed by atoms with E-state index in [0.717, 1.165) is 28.2 Å². The van der Waals surface area contributed by atoms with Crippen LogP contribution in [0.1, 0.15) is 23.0 Å². The molecule has 1 aliphatic heterocycles. The van der Waals surface area contributed by atoms with Gasteiger partial charge in [0.15, 0.2) is 6.17 Å². The Labute approximate surface area is 140 Å². The monoisotopic (exact) mass is 321 g/mol. The molecule has 24 heavy (non-hydrogen) atoms. The van der Waals surface area contributed by atoms with Crippen molar-refractivity contribution in [2.75, 3.05) is 12.4 Å². The van der Waals surface area contributed by atoms with Crippen molar-refractivity contribution >= 4 is 5.69 Å². The van der Waals surface area contributed by atoms with Crippen LogP contribution in [0.5, 0.6) is 11.5 Å². The second-order valence-electron chi connectivity index (χ2n) is 6.09. The molecule has 5 heteroatoms. The van der Waals surface area contributed by atoms with Gasteiger partial charge in [-0.1, -0.05) is 18.2 Å². The highest BCUT2D eigenvalue weighted by atomic mass is 16.5. The van der Waals surface area contributed by atoms with Crippen LogP contribution in [0.15, 0.2) is 42.5 Å². The van der Waals surface area contributed by atoms with Gasteiger partial charge in [-0.25, -0.2) is 4.68 Å². The second-order valence-corrected chi connectivity index (χ2v) is 6.09. The van der Waals surface area contributed by atoms with Crippen LogP contribution in [0.25, 0.3) is 11.3 Å². The van der Waals surface area contributed by atoms with Crippen LogP contribution in [0.4, 0.5) is 5.69 Å². The molecule has 2 heterocycles. The first-order valence-electron chi connectivity index (χ1n) is 7.88. The van der Waals surface area contributed by atoms with Crippen molar-refractivity contribution in [3.63, 3.8) is 0 Å². The van der Waals surface area contributed by atoms with Gasteiger partial charge in [0.2, 0.25) is 0 Å². The fourth-order valence-electron chi connectivity index (χ4n) is 3.32. The van der Waals surface area contributed by atoms with Gasteiger partial charge < -0.3 is 15.2 Å². The third-order valence-corrected chi connectivity index (χ3v) is 4.44. The molecule has 5 nitrogen and oxygen atoms in total. The van der Waals surface area contributed by atoms with Gasteiger partial charge >= 0.3 is 0 Å². The highest BCUT2D eigenvalue weighted by Gasteiger charge is 2.29. The van der Waals surface area contributed by atoms with Crippen molar-refractivity contribution in [2.24, 2.45) is 0 Å². The minimum absolute atomic E-state index is 0.180. The Morgan fingerprint density at radius 1 is 1.17 bits per heavy atom. The molecule has 0 fully saturated rings. The van der Waals surface area contributed by atoms with E-state index >= 15 is 0 Å². The van der Waals surface area contributed by atoms with E-state index in [9.17, 15) is 5.11 Å². The molecule has 0 saturated carbocycles. The average Bonchev–Trinajstić information content (AvgIpc) is 2.96. The smallest absolute Gasteiger partial charge is 0.150 e. The standard InChI is InChI=1S/C19H19N3O2/c1-11-5-4-6-14-16-9-12(2)21-22(16)19(20-18(11)14)15-8-7-13(23)10-17(15)24-3/h4-10,19-20,23H,1-3H3/t19-/m0/s1. The average molecular weight is 321 g/mol. The van der Waals surface area contributed by atoms with E-state index in [1.54, 1.807) is 19.2 Å². The lowest BCUT2D eigenvalue weighted by molar-refractivity contribution is 0.395. The summed E-state index contributed by atoms with van der Waals surface area (Å²) in [5.74, 6) is 0.809. The molecule has 1 aliphatic rings. The highest BCUT2D eigenvalue weighted by Crippen LogP contribution is 2.42. The van der Waals surface area contributed by atoms with Gasteiger partial charge in [-0.05, 0) is 37.6 Å². The number of hydrogen-bond acceptors (Lipinski definition) is 4. The number of methoxy groups -OCH3 is 1. The molecule has 2 N–H and O–H groups in total. The first-order chi connectivity index (χ1) is 11.6. The van der Waals surface area contributed by atoms with Gasteiger partial charge in [-0.3, -0.25) is 0 Å². The van der Waals surface area contributed by atoms with Gasteiger partial charge in [0.1, 0.15) is 11.5 Å². The lowest BCUT2D eigenvalue weighted by atomic mass is 10.00. The summed E-state index contributed by atoms with van der Waals surface area (Å²) >= 11 is 0. The van der Waals surface area contributed by atoms with Crippen LogP contribution in [0.3, 0.4) is 0 Å². The number of nitrogens with one attached hydrogen (secondary N) is 1. The van der Waals surface area contributed by atoms with Crippen LogP contribution in [-0.4, -0.2) is 22.0 Å². The molecule has 0 bridgehead atoms. The summed E-state index contributed by atoms with van der Waals surface area (Å²) in [5.41, 5.74) is 6.39. The SMILES string of the molecule is COc1cc(O)ccc1[C@H]1Nc2c(C)cccc2-c2cc(C)nn21. The quantitative estimate of drug-likeness (QED) is 0.752. The number of phenolic OH excluding ortho intramolecular Hbond substituents is 1. The third kappa shape index (κ3) is 2.12. The number of benzene rings is 2. The molecule has 1 atom stereocenters. The maximum absolute atomic E-state index is 9.75. The number of nitrogens with zero attached hydrogens (tertiary/aromatic N) is 2. The Morgan fingerprint density at radius 2 is 2.00 bits per heavy atom. The molecular formula is C19H19N3O2. The lowest BCUT2D eigenvalue weighted by Crippen LogP contribution is -2.26. The maximum atomic E-state index is 9.75. The van der Waals surface area contributed by atoms with Gasteiger partial charge in [-0.15, -0.1) is 0 Å². The number of aromatic hydroxyl groups is 1. The van der Waals surface area contributed by atoms with Gasteiger partial charge in [0.25, 0.3) is 0 Å². The van der Waals surface area contributed by atoms with Crippen molar-refractivity contribution in [1.29, 1.82) is 0 Å². The number of anilines is 1. The van der Waals surface area contributed by atoms with E-state index < -0.39 is 0 Å². The van der Waals surface area contributed by atoms with Crippen molar-refractivity contribution in [3.8, 4) is 22.8 Å². The van der Waals surface area contributed by atoms with Crippen LogP contribution in [0.2, 0.25) is 0 Å². The molecule has 1 aromatic heterocycles. The predicted molar refractivity (Wildman–Crippen MR) is 93.6 cm³/mol. The fraction of sp³-hybridized carbons (Fsp3) is 0.211. The summed E-state index contributed by atoms with van der Waals surface area (Å²) < 4.78 is 7.46. The second kappa shape index (κ2) is 5.30. The summed E-state index contributed by atoms with van der Waals surface area (Å²) in [6.07, 6.45) is -0.196. The van der Waals surface area contributed by atoms with Crippen molar-refractivity contribution in [3.05, 3.63) is 59.3 Å². The number of ether oxygens (including phenoxy) is 1. The highest BCUT2D eigenvalue weighted by molar-refractivity contribution is 5.81. The molecule has 0 spiro atoms. The molecule has 4 rings (SSSR count). The molecule has 0 unspecified atom stereocenters. The molecule has 0 aliphatic carbocycles. The molecule has 0 saturated heterocycles. The van der Waals surface area contributed by atoms with Gasteiger partial charge in [0, 0.05) is 22.9 Å². The fourth-order valence-corrected chi connectivity index (χ4v) is 3.32. The Balaban J connectivity index is 1.94. The summed E-state index contributed by atoms with van der Waals surface area (Å²) in [5, 5.41) is 18.0. The van der Waals surface area contributed by atoms with E-state index in [0.29, 0.717) is 5.75 Å². The van der Waals surface area contributed by atoms with Gasteiger partial charge in [-0.2, -0.15) is 5.10 Å². The Kier molecular flexibility index (Phi) is 3.23. The first-order valence-corrected chi connectivity index (χ1v) is 7.88. The number of phenols is 1. The van der Waals surface area contributed by atoms with Crippen molar-refractivity contribution in [1.82, 2.24) is 9.78 Å². The summed E-state index contributed by atoms with van der Waals surface area (Å²) in [6.45, 7) is 4.09. The predicted octanol–water partition coefficient (Wildman–Crippen LogP) is 3.85. The van der Waals surface area contributed by atoms with E-state index in [4.69, 9.17) is 4.74 Å². The Bertz CT molecular complexity index is 930.